The van der Waals surface area contributed by atoms with Gasteiger partial charge < -0.3 is 15.2 Å². The summed E-state index contributed by atoms with van der Waals surface area (Å²) in [5, 5.41) is 11.1. The van der Waals surface area contributed by atoms with Crippen LogP contribution in [0.1, 0.15) is 6.42 Å². The van der Waals surface area contributed by atoms with Crippen molar-refractivity contribution in [3.8, 4) is 0 Å². The van der Waals surface area contributed by atoms with Gasteiger partial charge in [-0.15, -0.1) is 0 Å². The molecular formula is C6H11NO3. The molecule has 0 spiro atoms. The van der Waals surface area contributed by atoms with Crippen molar-refractivity contribution in [3.05, 3.63) is 0 Å². The lowest BCUT2D eigenvalue weighted by atomic mass is 9.99. The van der Waals surface area contributed by atoms with Crippen molar-refractivity contribution in [2.45, 2.75) is 18.6 Å². The molecule has 1 heterocycles. The number of β-lactam (4-membered cyclic amide) rings is 1. The number of amides is 1. The molecule has 58 valence electrons. The molecular weight excluding hydrogens is 134 g/mol. The molecule has 1 saturated heterocycles. The third-order valence-electron chi connectivity index (χ3n) is 1.65. The van der Waals surface area contributed by atoms with Gasteiger partial charge in [0.25, 0.3) is 5.91 Å². The molecule has 2 N–H and O–H groups in total. The van der Waals surface area contributed by atoms with E-state index in [1.807, 2.05) is 0 Å². The Kier molecular flexibility index (Phi) is 2.24. The van der Waals surface area contributed by atoms with E-state index >= 15 is 0 Å². The molecule has 1 rings (SSSR count). The number of hydrogen-bond donors (Lipinski definition) is 2. The van der Waals surface area contributed by atoms with Crippen molar-refractivity contribution in [2.24, 2.45) is 0 Å². The molecule has 2 atom stereocenters. The lowest BCUT2D eigenvalue weighted by molar-refractivity contribution is -0.145. The van der Waals surface area contributed by atoms with Crippen LogP contribution in [-0.4, -0.2) is 36.9 Å². The van der Waals surface area contributed by atoms with Crippen molar-refractivity contribution < 1.29 is 14.6 Å². The number of hydrogen-bond acceptors (Lipinski definition) is 3. The molecule has 1 aliphatic rings. The second-order valence-electron chi connectivity index (χ2n) is 2.28. The van der Waals surface area contributed by atoms with E-state index in [0.29, 0.717) is 6.42 Å². The van der Waals surface area contributed by atoms with Crippen LogP contribution in [0.25, 0.3) is 0 Å². The number of carbonyl (C=O) groups excluding carboxylic acids is 1. The fourth-order valence-electron chi connectivity index (χ4n) is 1.06. The Hall–Kier alpha value is -0.610. The first kappa shape index (κ1) is 7.50. The second-order valence-corrected chi connectivity index (χ2v) is 2.28. The SMILES string of the molecule is CO[C@H]1C(=O)N[C@@H]1CCO. The van der Waals surface area contributed by atoms with Gasteiger partial charge in [0.1, 0.15) is 0 Å². The Balaban J connectivity index is 2.30. The Morgan fingerprint density at radius 1 is 1.80 bits per heavy atom. The van der Waals surface area contributed by atoms with E-state index in [1.165, 1.54) is 7.11 Å². The van der Waals surface area contributed by atoms with Gasteiger partial charge in [0.2, 0.25) is 0 Å². The average Bonchev–Trinajstić information content (AvgIpc) is 1.88. The van der Waals surface area contributed by atoms with E-state index in [2.05, 4.69) is 5.32 Å². The number of aliphatic hydroxyl groups is 1. The number of rotatable bonds is 3. The van der Waals surface area contributed by atoms with Gasteiger partial charge in [0.05, 0.1) is 6.04 Å². The van der Waals surface area contributed by atoms with Crippen LogP contribution in [0.5, 0.6) is 0 Å². The van der Waals surface area contributed by atoms with Crippen molar-refractivity contribution >= 4 is 5.91 Å². The highest BCUT2D eigenvalue weighted by atomic mass is 16.5. The summed E-state index contributed by atoms with van der Waals surface area (Å²) in [5.41, 5.74) is 0. The maximum absolute atomic E-state index is 10.6. The molecule has 0 aliphatic carbocycles. The third kappa shape index (κ3) is 1.12. The molecule has 10 heavy (non-hydrogen) atoms. The summed E-state index contributed by atoms with van der Waals surface area (Å²) in [6.07, 6.45) is 0.233. The Morgan fingerprint density at radius 2 is 2.50 bits per heavy atom. The number of nitrogens with one attached hydrogen (secondary N) is 1. The van der Waals surface area contributed by atoms with Gasteiger partial charge >= 0.3 is 0 Å². The zero-order valence-corrected chi connectivity index (χ0v) is 5.83. The Bertz CT molecular complexity index is 137. The minimum atomic E-state index is -0.341. The third-order valence-corrected chi connectivity index (χ3v) is 1.65. The monoisotopic (exact) mass is 145 g/mol. The summed E-state index contributed by atoms with van der Waals surface area (Å²) in [6, 6.07) is 0.0162. The molecule has 1 amide bonds. The van der Waals surface area contributed by atoms with Crippen molar-refractivity contribution in [2.75, 3.05) is 13.7 Å². The maximum atomic E-state index is 10.6. The van der Waals surface area contributed by atoms with Crippen molar-refractivity contribution in [3.63, 3.8) is 0 Å². The van der Waals surface area contributed by atoms with Crippen molar-refractivity contribution in [1.82, 2.24) is 5.32 Å². The Morgan fingerprint density at radius 3 is 2.90 bits per heavy atom. The quantitative estimate of drug-likeness (QED) is 0.495. The minimum absolute atomic E-state index is 0.0162. The topological polar surface area (TPSA) is 58.6 Å². The van der Waals surface area contributed by atoms with Gasteiger partial charge in [-0.2, -0.15) is 0 Å². The van der Waals surface area contributed by atoms with Gasteiger partial charge in [-0.3, -0.25) is 4.79 Å². The first-order chi connectivity index (χ1) is 4.79. The first-order valence-corrected chi connectivity index (χ1v) is 3.23. The predicted molar refractivity (Wildman–Crippen MR) is 34.4 cm³/mol. The molecule has 1 aliphatic heterocycles. The molecule has 4 heteroatoms. The van der Waals surface area contributed by atoms with Crippen molar-refractivity contribution in [1.29, 1.82) is 0 Å². The summed E-state index contributed by atoms with van der Waals surface area (Å²) in [6.45, 7) is 0.0881. The molecule has 0 aromatic carbocycles. The molecule has 1 fully saturated rings. The van der Waals surface area contributed by atoms with Crippen LogP contribution in [0.2, 0.25) is 0 Å². The first-order valence-electron chi connectivity index (χ1n) is 3.23. The maximum Gasteiger partial charge on any atom is 0.251 e. The molecule has 0 aromatic rings. The highest BCUT2D eigenvalue weighted by Crippen LogP contribution is 2.12. The van der Waals surface area contributed by atoms with Gasteiger partial charge in [-0.1, -0.05) is 0 Å². The van der Waals surface area contributed by atoms with Crippen LogP contribution in [0.3, 0.4) is 0 Å². The van der Waals surface area contributed by atoms with Gasteiger partial charge in [-0.05, 0) is 6.42 Å². The van der Waals surface area contributed by atoms with E-state index in [-0.39, 0.29) is 24.7 Å². The largest absolute Gasteiger partial charge is 0.396 e. The van der Waals surface area contributed by atoms with Crippen LogP contribution in [0.15, 0.2) is 0 Å². The average molecular weight is 145 g/mol. The Labute approximate surface area is 59.2 Å². The van der Waals surface area contributed by atoms with Crippen LogP contribution in [-0.2, 0) is 9.53 Å². The van der Waals surface area contributed by atoms with Gasteiger partial charge in [0, 0.05) is 13.7 Å². The molecule has 0 unspecified atom stereocenters. The molecule has 0 bridgehead atoms. The van der Waals surface area contributed by atoms with Crippen LogP contribution in [0, 0.1) is 0 Å². The number of carbonyl (C=O) groups is 1. The molecule has 0 radical (unpaired) electrons. The van der Waals surface area contributed by atoms with Crippen LogP contribution < -0.4 is 5.32 Å². The van der Waals surface area contributed by atoms with E-state index < -0.39 is 0 Å². The van der Waals surface area contributed by atoms with E-state index in [1.54, 1.807) is 0 Å². The normalized spacial score (nSPS) is 31.2. The van der Waals surface area contributed by atoms with Crippen LogP contribution in [0.4, 0.5) is 0 Å². The summed E-state index contributed by atoms with van der Waals surface area (Å²) in [4.78, 5) is 10.6. The van der Waals surface area contributed by atoms with Gasteiger partial charge in [-0.25, -0.2) is 0 Å². The molecule has 0 aromatic heterocycles. The number of ether oxygens (including phenoxy) is 1. The summed E-state index contributed by atoms with van der Waals surface area (Å²) >= 11 is 0. The summed E-state index contributed by atoms with van der Waals surface area (Å²) < 4.78 is 4.84. The minimum Gasteiger partial charge on any atom is -0.396 e. The van der Waals surface area contributed by atoms with E-state index in [0.717, 1.165) is 0 Å². The fourth-order valence-corrected chi connectivity index (χ4v) is 1.06. The summed E-state index contributed by atoms with van der Waals surface area (Å²) in [7, 11) is 1.49. The summed E-state index contributed by atoms with van der Waals surface area (Å²) in [5.74, 6) is -0.0825. The number of aliphatic hydroxyl groups excluding tert-OH is 1. The smallest absolute Gasteiger partial charge is 0.251 e. The standard InChI is InChI=1S/C6H11NO3/c1-10-5-4(2-3-8)7-6(5)9/h4-5,8H,2-3H2,1H3,(H,7,9)/t4-,5-/m1/s1. The highest BCUT2D eigenvalue weighted by molar-refractivity contribution is 5.88. The molecule has 4 nitrogen and oxygen atoms in total. The number of methoxy groups -OCH3 is 1. The lowest BCUT2D eigenvalue weighted by Gasteiger charge is -2.34. The second kappa shape index (κ2) is 2.98. The predicted octanol–water partition coefficient (Wildman–Crippen LogP) is -1.12. The highest BCUT2D eigenvalue weighted by Gasteiger charge is 2.38. The van der Waals surface area contributed by atoms with Gasteiger partial charge in [0.15, 0.2) is 6.10 Å². The lowest BCUT2D eigenvalue weighted by Crippen LogP contribution is -2.63. The zero-order chi connectivity index (χ0) is 7.56. The van der Waals surface area contributed by atoms with Crippen LogP contribution >= 0.6 is 0 Å². The zero-order valence-electron chi connectivity index (χ0n) is 5.83. The molecule has 0 saturated carbocycles. The van der Waals surface area contributed by atoms with E-state index in [9.17, 15) is 4.79 Å². The fraction of sp³-hybridized carbons (Fsp3) is 0.833. The van der Waals surface area contributed by atoms with E-state index in [4.69, 9.17) is 9.84 Å².